The highest BCUT2D eigenvalue weighted by Crippen LogP contribution is 2.17. The van der Waals surface area contributed by atoms with Crippen LogP contribution in [0.1, 0.15) is 32.4 Å². The molecule has 3 heterocycles. The molecule has 120 valence electrons. The van der Waals surface area contributed by atoms with Crippen LogP contribution in [0.15, 0.2) is 52.5 Å². The zero-order chi connectivity index (χ0) is 16.9. The Bertz CT molecular complexity index is 828. The Morgan fingerprint density at radius 1 is 1.29 bits per heavy atom. The van der Waals surface area contributed by atoms with E-state index in [4.69, 9.17) is 9.68 Å². The van der Waals surface area contributed by atoms with E-state index in [1.54, 1.807) is 47.6 Å². The summed E-state index contributed by atoms with van der Waals surface area (Å²) in [6, 6.07) is 12.9. The molecule has 0 aliphatic heterocycles. The van der Waals surface area contributed by atoms with Crippen molar-refractivity contribution >= 4 is 17.2 Å². The summed E-state index contributed by atoms with van der Waals surface area (Å²) >= 11 is 1.60. The van der Waals surface area contributed by atoms with Crippen molar-refractivity contribution in [3.8, 4) is 6.07 Å². The summed E-state index contributed by atoms with van der Waals surface area (Å²) in [5, 5.41) is 11.0. The third-order valence-electron chi connectivity index (χ3n) is 3.57. The average Bonchev–Trinajstić information content (AvgIpc) is 3.27. The lowest BCUT2D eigenvalue weighted by Gasteiger charge is -2.21. The van der Waals surface area contributed by atoms with Gasteiger partial charge in [0.15, 0.2) is 0 Å². The molecule has 0 fully saturated rings. The minimum Gasteiger partial charge on any atom is -0.467 e. The van der Waals surface area contributed by atoms with Crippen LogP contribution in [0.2, 0.25) is 0 Å². The fourth-order valence-corrected chi connectivity index (χ4v) is 3.06. The number of carbonyl (C=O) groups excluding carboxylic acids is 1. The molecular weight excluding hydrogens is 322 g/mol. The average molecular weight is 337 g/mol. The van der Waals surface area contributed by atoms with Crippen molar-refractivity contribution in [3.63, 3.8) is 0 Å². The van der Waals surface area contributed by atoms with Gasteiger partial charge in [-0.1, -0.05) is 6.07 Å². The van der Waals surface area contributed by atoms with Gasteiger partial charge in [-0.25, -0.2) is 4.98 Å². The maximum absolute atomic E-state index is 12.9. The highest BCUT2D eigenvalue weighted by Gasteiger charge is 2.20. The Balaban J connectivity index is 1.87. The maximum Gasteiger partial charge on any atom is 0.273 e. The molecule has 0 saturated heterocycles. The Kier molecular flexibility index (Phi) is 4.73. The van der Waals surface area contributed by atoms with Gasteiger partial charge in [-0.2, -0.15) is 5.26 Å². The summed E-state index contributed by atoms with van der Waals surface area (Å²) in [6.07, 6.45) is 1.59. The normalized spacial score (nSPS) is 10.3. The predicted octanol–water partition coefficient (Wildman–Crippen LogP) is 3.76. The van der Waals surface area contributed by atoms with E-state index in [1.165, 1.54) is 0 Å². The fourth-order valence-electron chi connectivity index (χ4n) is 2.34. The number of hydrogen-bond acceptors (Lipinski definition) is 5. The van der Waals surface area contributed by atoms with Gasteiger partial charge in [0.2, 0.25) is 0 Å². The highest BCUT2D eigenvalue weighted by atomic mass is 32.1. The number of hydrogen-bond donors (Lipinski definition) is 0. The summed E-state index contributed by atoms with van der Waals surface area (Å²) in [6.45, 7) is 2.58. The van der Waals surface area contributed by atoms with Gasteiger partial charge in [0, 0.05) is 4.88 Å². The number of nitrogens with zero attached hydrogens (tertiary/aromatic N) is 3. The summed E-state index contributed by atoms with van der Waals surface area (Å²) < 4.78 is 5.38. The number of thiophene rings is 1. The first-order chi connectivity index (χ1) is 11.7. The summed E-state index contributed by atoms with van der Waals surface area (Å²) in [7, 11) is 0. The Morgan fingerprint density at radius 2 is 2.17 bits per heavy atom. The molecule has 3 aromatic rings. The Hall–Kier alpha value is -2.91. The van der Waals surface area contributed by atoms with Gasteiger partial charge < -0.3 is 9.32 Å². The molecule has 0 aliphatic carbocycles. The van der Waals surface area contributed by atoms with Crippen molar-refractivity contribution in [2.24, 2.45) is 0 Å². The lowest BCUT2D eigenvalue weighted by Crippen LogP contribution is -2.30. The van der Waals surface area contributed by atoms with Crippen LogP contribution in [0.4, 0.5) is 0 Å². The topological polar surface area (TPSA) is 70.1 Å². The van der Waals surface area contributed by atoms with Crippen LogP contribution in [0.5, 0.6) is 0 Å². The second-order valence-electron chi connectivity index (χ2n) is 5.26. The molecule has 0 radical (unpaired) electrons. The molecule has 5 nitrogen and oxygen atoms in total. The van der Waals surface area contributed by atoms with Crippen LogP contribution in [0.3, 0.4) is 0 Å². The maximum atomic E-state index is 12.9. The number of carbonyl (C=O) groups is 1. The summed E-state index contributed by atoms with van der Waals surface area (Å²) in [5.74, 6) is 0.526. The van der Waals surface area contributed by atoms with E-state index in [0.29, 0.717) is 35.8 Å². The fraction of sp³-hybridized carbons (Fsp3) is 0.167. The smallest absolute Gasteiger partial charge is 0.273 e. The first-order valence-corrected chi connectivity index (χ1v) is 8.27. The van der Waals surface area contributed by atoms with Crippen molar-refractivity contribution in [1.82, 2.24) is 9.88 Å². The lowest BCUT2D eigenvalue weighted by molar-refractivity contribution is 0.0713. The molecule has 0 unspecified atom stereocenters. The van der Waals surface area contributed by atoms with Gasteiger partial charge in [-0.15, -0.1) is 11.3 Å². The molecule has 0 spiro atoms. The molecule has 3 aromatic heterocycles. The van der Waals surface area contributed by atoms with E-state index in [1.807, 2.05) is 23.6 Å². The molecule has 0 N–H and O–H groups in total. The van der Waals surface area contributed by atoms with Crippen LogP contribution in [0.25, 0.3) is 0 Å². The zero-order valence-electron chi connectivity index (χ0n) is 13.1. The number of amides is 1. The van der Waals surface area contributed by atoms with Crippen molar-refractivity contribution in [1.29, 1.82) is 5.26 Å². The summed E-state index contributed by atoms with van der Waals surface area (Å²) in [5.41, 5.74) is 1.36. The predicted molar refractivity (Wildman–Crippen MR) is 90.3 cm³/mol. The minimum atomic E-state index is -0.188. The third-order valence-corrected chi connectivity index (χ3v) is 4.43. The highest BCUT2D eigenvalue weighted by molar-refractivity contribution is 7.09. The van der Waals surface area contributed by atoms with Gasteiger partial charge >= 0.3 is 0 Å². The van der Waals surface area contributed by atoms with Crippen LogP contribution in [-0.4, -0.2) is 15.8 Å². The molecule has 0 aromatic carbocycles. The van der Waals surface area contributed by atoms with Gasteiger partial charge in [0.1, 0.15) is 17.5 Å². The molecular formula is C18H15N3O2S. The molecule has 6 heteroatoms. The van der Waals surface area contributed by atoms with Crippen LogP contribution >= 0.6 is 11.3 Å². The minimum absolute atomic E-state index is 0.188. The molecule has 0 aliphatic rings. The molecule has 0 atom stereocenters. The second-order valence-corrected chi connectivity index (χ2v) is 6.29. The molecule has 0 saturated carbocycles. The van der Waals surface area contributed by atoms with Gasteiger partial charge in [-0.3, -0.25) is 4.79 Å². The van der Waals surface area contributed by atoms with E-state index in [0.717, 1.165) is 4.88 Å². The lowest BCUT2D eigenvalue weighted by atomic mass is 10.2. The Labute approximate surface area is 143 Å². The quantitative estimate of drug-likeness (QED) is 0.711. The number of furan rings is 1. The van der Waals surface area contributed by atoms with E-state index in [9.17, 15) is 4.79 Å². The molecule has 1 amide bonds. The number of aromatic nitrogens is 1. The van der Waals surface area contributed by atoms with E-state index >= 15 is 0 Å². The SMILES string of the molecule is Cc1nc(C(=O)N(Cc2ccco2)Cc2cccs2)ccc1C#N. The van der Waals surface area contributed by atoms with Gasteiger partial charge in [0.05, 0.1) is 30.6 Å². The molecule has 3 rings (SSSR count). The zero-order valence-corrected chi connectivity index (χ0v) is 13.9. The number of pyridine rings is 1. The number of nitriles is 1. The van der Waals surface area contributed by atoms with Crippen molar-refractivity contribution in [2.75, 3.05) is 0 Å². The molecule has 0 bridgehead atoms. The van der Waals surface area contributed by atoms with Crippen molar-refractivity contribution in [3.05, 3.63) is 75.6 Å². The van der Waals surface area contributed by atoms with Crippen molar-refractivity contribution in [2.45, 2.75) is 20.0 Å². The Morgan fingerprint density at radius 3 is 2.79 bits per heavy atom. The number of aryl methyl sites for hydroxylation is 1. The van der Waals surface area contributed by atoms with Gasteiger partial charge in [0.25, 0.3) is 5.91 Å². The third kappa shape index (κ3) is 3.53. The van der Waals surface area contributed by atoms with Crippen LogP contribution in [0, 0.1) is 18.3 Å². The second kappa shape index (κ2) is 7.11. The van der Waals surface area contributed by atoms with Gasteiger partial charge in [-0.05, 0) is 42.6 Å². The van der Waals surface area contributed by atoms with E-state index < -0.39 is 0 Å². The van der Waals surface area contributed by atoms with E-state index in [2.05, 4.69) is 11.1 Å². The van der Waals surface area contributed by atoms with E-state index in [-0.39, 0.29) is 5.91 Å². The first-order valence-electron chi connectivity index (χ1n) is 7.39. The van der Waals surface area contributed by atoms with Crippen molar-refractivity contribution < 1.29 is 9.21 Å². The van der Waals surface area contributed by atoms with Crippen LogP contribution in [-0.2, 0) is 13.1 Å². The number of rotatable bonds is 5. The summed E-state index contributed by atoms with van der Waals surface area (Å²) in [4.78, 5) is 20.0. The standard InChI is InChI=1S/C18H15N3O2S/c1-13-14(10-19)6-7-17(20-13)18(22)21(11-15-4-2-8-23-15)12-16-5-3-9-24-16/h2-9H,11-12H2,1H3. The first kappa shape index (κ1) is 16.0. The largest absolute Gasteiger partial charge is 0.467 e. The van der Waals surface area contributed by atoms with Crippen LogP contribution < -0.4 is 0 Å². The molecule has 24 heavy (non-hydrogen) atoms. The monoisotopic (exact) mass is 337 g/mol.